The molecule has 1 aromatic carbocycles. The molecule has 0 saturated carbocycles. The smallest absolute Gasteiger partial charge is 0.274 e. The molecule has 1 aliphatic heterocycles. The third-order valence-corrected chi connectivity index (χ3v) is 3.97. The first kappa shape index (κ1) is 17.4. The highest BCUT2D eigenvalue weighted by molar-refractivity contribution is 5.85. The molecule has 23 heavy (non-hydrogen) atoms. The van der Waals surface area contributed by atoms with Crippen LogP contribution in [0.1, 0.15) is 19.8 Å². The van der Waals surface area contributed by atoms with Gasteiger partial charge in [0.25, 0.3) is 5.56 Å². The lowest BCUT2D eigenvalue weighted by molar-refractivity contribution is -0.123. The number of nitrogens with zero attached hydrogens (tertiary/aromatic N) is 2. The van der Waals surface area contributed by atoms with E-state index in [0.717, 1.165) is 24.8 Å². The minimum absolute atomic E-state index is 0. The molecule has 0 spiro atoms. The largest absolute Gasteiger partial charge is 0.350 e. The van der Waals surface area contributed by atoms with Gasteiger partial charge in [0.2, 0.25) is 5.91 Å². The van der Waals surface area contributed by atoms with E-state index in [9.17, 15) is 9.59 Å². The lowest BCUT2D eigenvalue weighted by atomic mass is 10.2. The van der Waals surface area contributed by atoms with Gasteiger partial charge in [-0.05, 0) is 32.4 Å². The van der Waals surface area contributed by atoms with Crippen LogP contribution in [-0.4, -0.2) is 34.3 Å². The Kier molecular flexibility index (Phi) is 5.74. The van der Waals surface area contributed by atoms with Gasteiger partial charge >= 0.3 is 0 Å². The van der Waals surface area contributed by atoms with Crippen molar-refractivity contribution in [2.45, 2.75) is 38.4 Å². The lowest BCUT2D eigenvalue weighted by Gasteiger charge is -2.17. The molecule has 124 valence electrons. The second-order valence-electron chi connectivity index (χ2n) is 5.78. The Balaban J connectivity index is 0.00000192. The van der Waals surface area contributed by atoms with Gasteiger partial charge in [0, 0.05) is 11.4 Å². The molecule has 1 aromatic heterocycles. The number of hydrogen-bond donors (Lipinski definition) is 2. The number of fused-ring (bicyclic) bond motifs is 1. The number of carbonyl (C=O) groups is 1. The quantitative estimate of drug-likeness (QED) is 0.876. The average Bonchev–Trinajstić information content (AvgIpc) is 3.05. The number of aromatic nitrogens is 2. The molecule has 1 amide bonds. The van der Waals surface area contributed by atoms with Gasteiger partial charge in [0.1, 0.15) is 0 Å². The minimum atomic E-state index is -0.152. The van der Waals surface area contributed by atoms with Gasteiger partial charge in [-0.15, -0.1) is 12.4 Å². The number of hydrogen-bond acceptors (Lipinski definition) is 4. The van der Waals surface area contributed by atoms with E-state index in [-0.39, 0.29) is 36.0 Å². The van der Waals surface area contributed by atoms with E-state index < -0.39 is 0 Å². The maximum absolute atomic E-state index is 12.4. The van der Waals surface area contributed by atoms with Crippen LogP contribution in [0.3, 0.4) is 0 Å². The van der Waals surface area contributed by atoms with Gasteiger partial charge in [-0.1, -0.05) is 18.2 Å². The fourth-order valence-corrected chi connectivity index (χ4v) is 2.81. The topological polar surface area (TPSA) is 76.0 Å². The summed E-state index contributed by atoms with van der Waals surface area (Å²) in [6.07, 6.45) is 3.58. The maximum atomic E-state index is 12.4. The van der Waals surface area contributed by atoms with E-state index in [2.05, 4.69) is 15.7 Å². The number of amides is 1. The van der Waals surface area contributed by atoms with Crippen molar-refractivity contribution in [2.75, 3.05) is 6.54 Å². The molecule has 3 rings (SSSR count). The van der Waals surface area contributed by atoms with Crippen LogP contribution in [0.25, 0.3) is 10.8 Å². The molecule has 0 radical (unpaired) electrons. The number of carbonyl (C=O) groups excluding carboxylic acids is 1. The Morgan fingerprint density at radius 2 is 2.26 bits per heavy atom. The summed E-state index contributed by atoms with van der Waals surface area (Å²) in [5, 5.41) is 11.8. The molecule has 2 heterocycles. The Labute approximate surface area is 140 Å². The van der Waals surface area contributed by atoms with E-state index in [1.165, 1.54) is 4.68 Å². The molecular weight excluding hydrogens is 316 g/mol. The van der Waals surface area contributed by atoms with E-state index in [1.807, 2.05) is 25.1 Å². The van der Waals surface area contributed by atoms with E-state index in [1.54, 1.807) is 12.3 Å². The third kappa shape index (κ3) is 3.89. The Morgan fingerprint density at radius 1 is 1.48 bits per heavy atom. The number of halogens is 1. The number of benzene rings is 1. The SMILES string of the molecule is CC(Cn1ncc2ccccc2c1=O)NC(=O)C1CCCN1.Cl. The summed E-state index contributed by atoms with van der Waals surface area (Å²) < 4.78 is 1.41. The van der Waals surface area contributed by atoms with Crippen molar-refractivity contribution in [3.05, 3.63) is 40.8 Å². The summed E-state index contributed by atoms with van der Waals surface area (Å²) in [7, 11) is 0. The summed E-state index contributed by atoms with van der Waals surface area (Å²) in [5.74, 6) is -0.00108. The Hall–Kier alpha value is -1.92. The molecule has 7 heteroatoms. The number of rotatable bonds is 4. The second kappa shape index (κ2) is 7.57. The van der Waals surface area contributed by atoms with Crippen molar-refractivity contribution in [1.29, 1.82) is 0 Å². The van der Waals surface area contributed by atoms with Crippen molar-refractivity contribution in [3.8, 4) is 0 Å². The van der Waals surface area contributed by atoms with Crippen LogP contribution in [0.5, 0.6) is 0 Å². The van der Waals surface area contributed by atoms with Crippen molar-refractivity contribution < 1.29 is 4.79 Å². The highest BCUT2D eigenvalue weighted by atomic mass is 35.5. The Bertz CT molecular complexity index is 740. The monoisotopic (exact) mass is 336 g/mol. The first-order valence-electron chi connectivity index (χ1n) is 7.64. The van der Waals surface area contributed by atoms with Gasteiger partial charge in [0.15, 0.2) is 0 Å². The average molecular weight is 337 g/mol. The van der Waals surface area contributed by atoms with Crippen molar-refractivity contribution in [3.63, 3.8) is 0 Å². The predicted molar refractivity (Wildman–Crippen MR) is 91.9 cm³/mol. The summed E-state index contributed by atoms with van der Waals surface area (Å²) in [5.41, 5.74) is -0.127. The highest BCUT2D eigenvalue weighted by Crippen LogP contribution is 2.07. The molecule has 2 atom stereocenters. The standard InChI is InChI=1S/C16H20N4O2.ClH/c1-11(19-15(21)14-7-4-8-17-14)10-20-16(22)13-6-3-2-5-12(13)9-18-20;/h2-3,5-6,9,11,14,17H,4,7-8,10H2,1H3,(H,19,21);1H. The van der Waals surface area contributed by atoms with Gasteiger partial charge in [-0.2, -0.15) is 5.10 Å². The van der Waals surface area contributed by atoms with Crippen molar-refractivity contribution in [1.82, 2.24) is 20.4 Å². The van der Waals surface area contributed by atoms with Gasteiger partial charge < -0.3 is 10.6 Å². The normalized spacial score (nSPS) is 18.4. The summed E-state index contributed by atoms with van der Waals surface area (Å²) >= 11 is 0. The van der Waals surface area contributed by atoms with Gasteiger partial charge in [0.05, 0.1) is 24.2 Å². The van der Waals surface area contributed by atoms with E-state index in [0.29, 0.717) is 11.9 Å². The summed E-state index contributed by atoms with van der Waals surface area (Å²) in [6.45, 7) is 3.14. The van der Waals surface area contributed by atoms with Gasteiger partial charge in [-0.3, -0.25) is 9.59 Å². The van der Waals surface area contributed by atoms with Crippen LogP contribution >= 0.6 is 12.4 Å². The molecule has 1 saturated heterocycles. The fourth-order valence-electron chi connectivity index (χ4n) is 2.81. The van der Waals surface area contributed by atoms with Crippen LogP contribution in [0.15, 0.2) is 35.3 Å². The Morgan fingerprint density at radius 3 is 3.00 bits per heavy atom. The molecule has 0 aliphatic carbocycles. The molecular formula is C16H21ClN4O2. The maximum Gasteiger partial charge on any atom is 0.274 e. The zero-order chi connectivity index (χ0) is 15.5. The van der Waals surface area contributed by atoms with Gasteiger partial charge in [-0.25, -0.2) is 4.68 Å². The van der Waals surface area contributed by atoms with Crippen LogP contribution in [0, 0.1) is 0 Å². The van der Waals surface area contributed by atoms with Crippen LogP contribution in [-0.2, 0) is 11.3 Å². The van der Waals surface area contributed by atoms with Crippen LogP contribution in [0.4, 0.5) is 0 Å². The fraction of sp³-hybridized carbons (Fsp3) is 0.438. The first-order valence-corrected chi connectivity index (χ1v) is 7.64. The third-order valence-electron chi connectivity index (χ3n) is 3.97. The molecule has 6 nitrogen and oxygen atoms in total. The number of nitrogens with one attached hydrogen (secondary N) is 2. The molecule has 2 unspecified atom stereocenters. The zero-order valence-electron chi connectivity index (χ0n) is 13.0. The molecule has 1 fully saturated rings. The molecule has 2 aromatic rings. The molecule has 2 N–H and O–H groups in total. The van der Waals surface area contributed by atoms with E-state index >= 15 is 0 Å². The van der Waals surface area contributed by atoms with Crippen LogP contribution in [0.2, 0.25) is 0 Å². The first-order chi connectivity index (χ1) is 10.6. The summed E-state index contributed by atoms with van der Waals surface area (Å²) in [6, 6.07) is 7.12. The minimum Gasteiger partial charge on any atom is -0.350 e. The van der Waals surface area contributed by atoms with Crippen LogP contribution < -0.4 is 16.2 Å². The molecule has 1 aliphatic rings. The van der Waals surface area contributed by atoms with Crippen molar-refractivity contribution in [2.24, 2.45) is 0 Å². The molecule has 0 bridgehead atoms. The zero-order valence-corrected chi connectivity index (χ0v) is 13.8. The summed E-state index contributed by atoms with van der Waals surface area (Å²) in [4.78, 5) is 24.4. The van der Waals surface area contributed by atoms with E-state index in [4.69, 9.17) is 0 Å². The lowest BCUT2D eigenvalue weighted by Crippen LogP contribution is -2.46. The second-order valence-corrected chi connectivity index (χ2v) is 5.78. The van der Waals surface area contributed by atoms with Crippen molar-refractivity contribution >= 4 is 29.1 Å². The predicted octanol–water partition coefficient (Wildman–Crippen LogP) is 1.07. The highest BCUT2D eigenvalue weighted by Gasteiger charge is 2.23.